The molecule has 0 fully saturated rings. The van der Waals surface area contributed by atoms with E-state index in [1.54, 1.807) is 19.1 Å². The van der Waals surface area contributed by atoms with E-state index in [0.717, 1.165) is 17.9 Å². The summed E-state index contributed by atoms with van der Waals surface area (Å²) in [4.78, 5) is 12.1. The first kappa shape index (κ1) is 10.7. The van der Waals surface area contributed by atoms with Crippen molar-refractivity contribution >= 4 is 5.78 Å². The van der Waals surface area contributed by atoms with E-state index in [1.807, 2.05) is 19.9 Å². The van der Waals surface area contributed by atoms with Gasteiger partial charge in [0.1, 0.15) is 17.3 Å². The molecule has 2 heterocycles. The molecule has 0 aliphatic carbocycles. The molecule has 2 aromatic heterocycles. The minimum atomic E-state index is -0.117. The van der Waals surface area contributed by atoms with Crippen LogP contribution in [-0.4, -0.2) is 5.78 Å². The van der Waals surface area contributed by atoms with Gasteiger partial charge in [0.15, 0.2) is 5.76 Å². The minimum absolute atomic E-state index is 0.117. The predicted molar refractivity (Wildman–Crippen MR) is 59.7 cm³/mol. The molecule has 0 aliphatic heterocycles. The molecule has 0 unspecified atom stereocenters. The number of hydrogen-bond donors (Lipinski definition) is 0. The molecule has 3 heteroatoms. The van der Waals surface area contributed by atoms with Gasteiger partial charge in [-0.25, -0.2) is 0 Å². The van der Waals surface area contributed by atoms with Crippen LogP contribution in [0.3, 0.4) is 0 Å². The van der Waals surface area contributed by atoms with Crippen molar-refractivity contribution in [2.45, 2.75) is 27.2 Å². The van der Waals surface area contributed by atoms with E-state index in [2.05, 4.69) is 0 Å². The molecule has 0 aliphatic rings. The Kier molecular flexibility index (Phi) is 2.69. The van der Waals surface area contributed by atoms with Crippen molar-refractivity contribution in [3.63, 3.8) is 0 Å². The number of carbonyl (C=O) groups is 1. The zero-order chi connectivity index (χ0) is 11.7. The van der Waals surface area contributed by atoms with Crippen molar-refractivity contribution in [3.8, 4) is 0 Å². The van der Waals surface area contributed by atoms with Crippen LogP contribution in [-0.2, 0) is 6.42 Å². The Labute approximate surface area is 94.1 Å². The number of carbonyl (C=O) groups excluding carboxylic acids is 1. The van der Waals surface area contributed by atoms with Crippen LogP contribution in [0.25, 0.3) is 0 Å². The molecule has 16 heavy (non-hydrogen) atoms. The van der Waals surface area contributed by atoms with E-state index >= 15 is 0 Å². The molecule has 0 aromatic carbocycles. The lowest BCUT2D eigenvalue weighted by atomic mass is 10.1. The van der Waals surface area contributed by atoms with Crippen molar-refractivity contribution in [3.05, 3.63) is 46.8 Å². The summed E-state index contributed by atoms with van der Waals surface area (Å²) in [7, 11) is 0. The van der Waals surface area contributed by atoms with E-state index in [-0.39, 0.29) is 5.78 Å². The zero-order valence-corrected chi connectivity index (χ0v) is 9.66. The lowest BCUT2D eigenvalue weighted by Crippen LogP contribution is -1.99. The molecule has 0 amide bonds. The summed E-state index contributed by atoms with van der Waals surface area (Å²) < 4.78 is 10.7. The van der Waals surface area contributed by atoms with Crippen LogP contribution >= 0.6 is 0 Å². The second-order valence-corrected chi connectivity index (χ2v) is 3.78. The van der Waals surface area contributed by atoms with Crippen molar-refractivity contribution < 1.29 is 13.6 Å². The number of furan rings is 2. The average molecular weight is 218 g/mol. The first-order chi connectivity index (χ1) is 7.61. The molecule has 0 atom stereocenters. The standard InChI is InChI=1S/C13H14O3/c1-4-10-5-6-12(16-10)13(14)11-7-8(2)15-9(11)3/h5-7H,4H2,1-3H3. The van der Waals surface area contributed by atoms with E-state index < -0.39 is 0 Å². The van der Waals surface area contributed by atoms with Crippen LogP contribution in [0.1, 0.15) is 40.3 Å². The van der Waals surface area contributed by atoms with Gasteiger partial charge in [-0.2, -0.15) is 0 Å². The van der Waals surface area contributed by atoms with Gasteiger partial charge < -0.3 is 8.83 Å². The molecule has 2 aromatic rings. The molecule has 0 bridgehead atoms. The fraction of sp³-hybridized carbons (Fsp3) is 0.308. The molecular weight excluding hydrogens is 204 g/mol. The smallest absolute Gasteiger partial charge is 0.231 e. The Morgan fingerprint density at radius 3 is 2.50 bits per heavy atom. The van der Waals surface area contributed by atoms with E-state index in [1.165, 1.54) is 0 Å². The molecule has 2 rings (SSSR count). The van der Waals surface area contributed by atoms with Crippen LogP contribution in [0.4, 0.5) is 0 Å². The molecule has 0 radical (unpaired) electrons. The van der Waals surface area contributed by atoms with Crippen LogP contribution in [0.5, 0.6) is 0 Å². The van der Waals surface area contributed by atoms with Crippen molar-refractivity contribution in [1.29, 1.82) is 0 Å². The number of aryl methyl sites for hydroxylation is 3. The largest absolute Gasteiger partial charge is 0.466 e. The maximum absolute atomic E-state index is 12.1. The summed E-state index contributed by atoms with van der Waals surface area (Å²) in [6, 6.07) is 5.28. The third-order valence-electron chi connectivity index (χ3n) is 2.52. The monoisotopic (exact) mass is 218 g/mol. The molecule has 0 spiro atoms. The predicted octanol–water partition coefficient (Wildman–Crippen LogP) is 3.28. The summed E-state index contributed by atoms with van der Waals surface area (Å²) in [6.45, 7) is 5.59. The van der Waals surface area contributed by atoms with Crippen LogP contribution in [0, 0.1) is 13.8 Å². The summed E-state index contributed by atoms with van der Waals surface area (Å²) in [5, 5.41) is 0. The molecule has 3 nitrogen and oxygen atoms in total. The van der Waals surface area contributed by atoms with Crippen molar-refractivity contribution in [2.75, 3.05) is 0 Å². The zero-order valence-electron chi connectivity index (χ0n) is 9.66. The van der Waals surface area contributed by atoms with Crippen LogP contribution in [0.2, 0.25) is 0 Å². The van der Waals surface area contributed by atoms with Gasteiger partial charge in [0, 0.05) is 6.42 Å². The molecule has 0 N–H and O–H groups in total. The van der Waals surface area contributed by atoms with Gasteiger partial charge in [-0.15, -0.1) is 0 Å². The van der Waals surface area contributed by atoms with Crippen LogP contribution < -0.4 is 0 Å². The Bertz CT molecular complexity index is 517. The van der Waals surface area contributed by atoms with Gasteiger partial charge in [-0.05, 0) is 32.0 Å². The lowest BCUT2D eigenvalue weighted by Gasteiger charge is -1.94. The lowest BCUT2D eigenvalue weighted by molar-refractivity contribution is 0.101. The number of ketones is 1. The maximum Gasteiger partial charge on any atom is 0.231 e. The maximum atomic E-state index is 12.1. The van der Waals surface area contributed by atoms with Gasteiger partial charge in [0.25, 0.3) is 0 Å². The van der Waals surface area contributed by atoms with Crippen molar-refractivity contribution in [2.24, 2.45) is 0 Å². The van der Waals surface area contributed by atoms with Gasteiger partial charge >= 0.3 is 0 Å². The topological polar surface area (TPSA) is 43.4 Å². The van der Waals surface area contributed by atoms with Gasteiger partial charge in [-0.1, -0.05) is 6.92 Å². The quantitative estimate of drug-likeness (QED) is 0.742. The molecule has 84 valence electrons. The highest BCUT2D eigenvalue weighted by atomic mass is 16.4. The summed E-state index contributed by atoms with van der Waals surface area (Å²) in [6.07, 6.45) is 0.788. The van der Waals surface area contributed by atoms with Gasteiger partial charge in [-0.3, -0.25) is 4.79 Å². The first-order valence-corrected chi connectivity index (χ1v) is 5.32. The van der Waals surface area contributed by atoms with Gasteiger partial charge in [0.2, 0.25) is 5.78 Å². The summed E-state index contributed by atoms with van der Waals surface area (Å²) >= 11 is 0. The highest BCUT2D eigenvalue weighted by molar-refractivity contribution is 6.07. The first-order valence-electron chi connectivity index (χ1n) is 5.32. The summed E-state index contributed by atoms with van der Waals surface area (Å²) in [5.41, 5.74) is 0.578. The Morgan fingerprint density at radius 2 is 2.00 bits per heavy atom. The number of rotatable bonds is 3. The SMILES string of the molecule is CCc1ccc(C(=O)c2cc(C)oc2C)o1. The van der Waals surface area contributed by atoms with E-state index in [4.69, 9.17) is 8.83 Å². The van der Waals surface area contributed by atoms with E-state index in [0.29, 0.717) is 17.1 Å². The third kappa shape index (κ3) is 1.81. The average Bonchev–Trinajstić information content (AvgIpc) is 2.84. The highest BCUT2D eigenvalue weighted by Crippen LogP contribution is 2.19. The fourth-order valence-electron chi connectivity index (χ4n) is 1.68. The fourth-order valence-corrected chi connectivity index (χ4v) is 1.68. The Balaban J connectivity index is 2.35. The normalized spacial score (nSPS) is 10.7. The molecule has 0 saturated heterocycles. The highest BCUT2D eigenvalue weighted by Gasteiger charge is 2.18. The van der Waals surface area contributed by atoms with Gasteiger partial charge in [0.05, 0.1) is 5.56 Å². The summed E-state index contributed by atoms with van der Waals surface area (Å²) in [5.74, 6) is 2.45. The minimum Gasteiger partial charge on any atom is -0.466 e. The molecular formula is C13H14O3. The Hall–Kier alpha value is -1.77. The number of hydrogen-bond acceptors (Lipinski definition) is 3. The molecule has 0 saturated carbocycles. The second kappa shape index (κ2) is 4.00. The second-order valence-electron chi connectivity index (χ2n) is 3.78. The van der Waals surface area contributed by atoms with Crippen LogP contribution in [0.15, 0.2) is 27.0 Å². The van der Waals surface area contributed by atoms with Crippen molar-refractivity contribution in [1.82, 2.24) is 0 Å². The third-order valence-corrected chi connectivity index (χ3v) is 2.52. The van der Waals surface area contributed by atoms with E-state index in [9.17, 15) is 4.79 Å². The Morgan fingerprint density at radius 1 is 1.25 bits per heavy atom.